The molecule has 0 saturated heterocycles. The molecule has 4 heteroatoms. The van der Waals surface area contributed by atoms with Crippen LogP contribution in [0.5, 0.6) is 0 Å². The molecule has 0 radical (unpaired) electrons. The Morgan fingerprint density at radius 2 is 2.28 bits per heavy atom. The molecule has 1 atom stereocenters. The molecule has 0 aliphatic heterocycles. The summed E-state index contributed by atoms with van der Waals surface area (Å²) in [6.07, 6.45) is 5.43. The lowest BCUT2D eigenvalue weighted by molar-refractivity contribution is 0.523. The first-order chi connectivity index (χ1) is 8.78. The molecule has 0 spiro atoms. The highest BCUT2D eigenvalue weighted by Crippen LogP contribution is 2.19. The minimum atomic E-state index is 0.274. The molecule has 0 amide bonds. The zero-order chi connectivity index (χ0) is 13.0. The van der Waals surface area contributed by atoms with E-state index >= 15 is 0 Å². The standard InChI is InChI=1S/C14H21N3O/c1-4-12-8-13(17(5-2)16-12)9-14(15-3)11-6-7-18-10-11/h6-8,10,14-15H,4-5,9H2,1-3H3. The molecule has 0 saturated carbocycles. The number of hydrogen-bond acceptors (Lipinski definition) is 3. The van der Waals surface area contributed by atoms with Gasteiger partial charge in [-0.1, -0.05) is 6.92 Å². The van der Waals surface area contributed by atoms with Gasteiger partial charge in [-0.25, -0.2) is 0 Å². The van der Waals surface area contributed by atoms with E-state index in [0.717, 1.165) is 25.1 Å². The van der Waals surface area contributed by atoms with Gasteiger partial charge in [-0.05, 0) is 32.5 Å². The van der Waals surface area contributed by atoms with Gasteiger partial charge in [0.15, 0.2) is 0 Å². The van der Waals surface area contributed by atoms with Crippen LogP contribution in [0.1, 0.15) is 36.8 Å². The lowest BCUT2D eigenvalue weighted by Gasteiger charge is -2.14. The number of nitrogens with zero attached hydrogens (tertiary/aromatic N) is 2. The molecule has 18 heavy (non-hydrogen) atoms. The van der Waals surface area contributed by atoms with E-state index in [9.17, 15) is 0 Å². The van der Waals surface area contributed by atoms with Gasteiger partial charge in [-0.2, -0.15) is 5.10 Å². The normalized spacial score (nSPS) is 12.8. The third kappa shape index (κ3) is 2.64. The third-order valence-corrected chi connectivity index (χ3v) is 3.28. The molecule has 0 aliphatic rings. The van der Waals surface area contributed by atoms with Gasteiger partial charge in [-0.15, -0.1) is 0 Å². The summed E-state index contributed by atoms with van der Waals surface area (Å²) in [6, 6.07) is 4.48. The zero-order valence-corrected chi connectivity index (χ0v) is 11.3. The van der Waals surface area contributed by atoms with Crippen LogP contribution in [0, 0.1) is 0 Å². The number of likely N-dealkylation sites (N-methyl/N-ethyl adjacent to an activating group) is 1. The van der Waals surface area contributed by atoms with Gasteiger partial charge in [0.25, 0.3) is 0 Å². The summed E-state index contributed by atoms with van der Waals surface area (Å²) < 4.78 is 7.24. The van der Waals surface area contributed by atoms with Crippen molar-refractivity contribution in [3.05, 3.63) is 41.6 Å². The molecule has 1 N–H and O–H groups in total. The van der Waals surface area contributed by atoms with Gasteiger partial charge in [0.05, 0.1) is 18.2 Å². The smallest absolute Gasteiger partial charge is 0.0950 e. The fourth-order valence-electron chi connectivity index (χ4n) is 2.19. The molecule has 2 rings (SSSR count). The van der Waals surface area contributed by atoms with Gasteiger partial charge in [0.2, 0.25) is 0 Å². The van der Waals surface area contributed by atoms with Crippen LogP contribution >= 0.6 is 0 Å². The maximum Gasteiger partial charge on any atom is 0.0950 e. The quantitative estimate of drug-likeness (QED) is 0.853. The first-order valence-corrected chi connectivity index (χ1v) is 6.53. The van der Waals surface area contributed by atoms with Crippen molar-refractivity contribution >= 4 is 0 Å². The number of rotatable bonds is 6. The molecule has 4 nitrogen and oxygen atoms in total. The van der Waals surface area contributed by atoms with E-state index in [1.54, 1.807) is 12.5 Å². The van der Waals surface area contributed by atoms with E-state index in [-0.39, 0.29) is 6.04 Å². The predicted octanol–water partition coefficient (Wildman–Crippen LogP) is 2.56. The Hall–Kier alpha value is -1.55. The second-order valence-electron chi connectivity index (χ2n) is 4.40. The van der Waals surface area contributed by atoms with Crippen LogP contribution in [0.15, 0.2) is 29.1 Å². The summed E-state index contributed by atoms with van der Waals surface area (Å²) in [4.78, 5) is 0. The van der Waals surface area contributed by atoms with Crippen molar-refractivity contribution < 1.29 is 4.42 Å². The van der Waals surface area contributed by atoms with E-state index in [0.29, 0.717) is 0 Å². The Labute approximate surface area is 108 Å². The van der Waals surface area contributed by atoms with Gasteiger partial charge < -0.3 is 9.73 Å². The first kappa shape index (κ1) is 12.9. The van der Waals surface area contributed by atoms with Crippen molar-refractivity contribution in [1.29, 1.82) is 0 Å². The highest BCUT2D eigenvalue weighted by Gasteiger charge is 2.15. The molecule has 2 aromatic rings. The van der Waals surface area contributed by atoms with Gasteiger partial charge >= 0.3 is 0 Å². The zero-order valence-electron chi connectivity index (χ0n) is 11.3. The first-order valence-electron chi connectivity index (χ1n) is 6.53. The second kappa shape index (κ2) is 5.87. The van der Waals surface area contributed by atoms with E-state index < -0.39 is 0 Å². The lowest BCUT2D eigenvalue weighted by atomic mass is 10.1. The highest BCUT2D eigenvalue weighted by atomic mass is 16.3. The largest absolute Gasteiger partial charge is 0.472 e. The monoisotopic (exact) mass is 247 g/mol. The topological polar surface area (TPSA) is 43.0 Å². The molecule has 2 heterocycles. The Morgan fingerprint density at radius 1 is 1.44 bits per heavy atom. The van der Waals surface area contributed by atoms with Crippen LogP contribution in [0.2, 0.25) is 0 Å². The van der Waals surface area contributed by atoms with Gasteiger partial charge in [0, 0.05) is 30.3 Å². The van der Waals surface area contributed by atoms with Crippen molar-refractivity contribution in [1.82, 2.24) is 15.1 Å². The minimum Gasteiger partial charge on any atom is -0.472 e. The minimum absolute atomic E-state index is 0.274. The van der Waals surface area contributed by atoms with Crippen LogP contribution in [0.3, 0.4) is 0 Å². The molecule has 0 aliphatic carbocycles. The van der Waals surface area contributed by atoms with Crippen LogP contribution in [-0.4, -0.2) is 16.8 Å². The average Bonchev–Trinajstić information content (AvgIpc) is 3.04. The SMILES string of the molecule is CCc1cc(CC(NC)c2ccoc2)n(CC)n1. The van der Waals surface area contributed by atoms with E-state index in [4.69, 9.17) is 4.42 Å². The molecule has 1 unspecified atom stereocenters. The maximum absolute atomic E-state index is 5.16. The summed E-state index contributed by atoms with van der Waals surface area (Å²) in [5.41, 5.74) is 3.61. The fourth-order valence-corrected chi connectivity index (χ4v) is 2.19. The summed E-state index contributed by atoms with van der Waals surface area (Å²) in [7, 11) is 1.98. The van der Waals surface area contributed by atoms with Crippen molar-refractivity contribution in [3.8, 4) is 0 Å². The fraction of sp³-hybridized carbons (Fsp3) is 0.500. The molecule has 0 fully saturated rings. The Bertz CT molecular complexity index is 473. The molecule has 0 aromatic carbocycles. The van der Waals surface area contributed by atoms with Crippen molar-refractivity contribution in [2.24, 2.45) is 0 Å². The van der Waals surface area contributed by atoms with Crippen LogP contribution in [-0.2, 0) is 19.4 Å². The predicted molar refractivity (Wildman–Crippen MR) is 71.5 cm³/mol. The van der Waals surface area contributed by atoms with Gasteiger partial charge in [0.1, 0.15) is 0 Å². The van der Waals surface area contributed by atoms with Crippen LogP contribution in [0.4, 0.5) is 0 Å². The Balaban J connectivity index is 2.19. The average molecular weight is 247 g/mol. The van der Waals surface area contributed by atoms with E-state index in [2.05, 4.69) is 35.0 Å². The van der Waals surface area contributed by atoms with Gasteiger partial charge in [-0.3, -0.25) is 4.68 Å². The number of aromatic nitrogens is 2. The maximum atomic E-state index is 5.16. The van der Waals surface area contributed by atoms with Crippen molar-refractivity contribution in [3.63, 3.8) is 0 Å². The summed E-state index contributed by atoms with van der Waals surface area (Å²) in [6.45, 7) is 5.18. The Morgan fingerprint density at radius 3 is 2.83 bits per heavy atom. The highest BCUT2D eigenvalue weighted by molar-refractivity contribution is 5.18. The summed E-state index contributed by atoms with van der Waals surface area (Å²) in [5, 5.41) is 7.91. The summed E-state index contributed by atoms with van der Waals surface area (Å²) in [5.74, 6) is 0. The molecular formula is C14H21N3O. The van der Waals surface area contributed by atoms with Crippen molar-refractivity contribution in [2.75, 3.05) is 7.05 Å². The van der Waals surface area contributed by atoms with Crippen LogP contribution < -0.4 is 5.32 Å². The van der Waals surface area contributed by atoms with E-state index in [1.165, 1.54) is 11.3 Å². The van der Waals surface area contributed by atoms with Crippen molar-refractivity contribution in [2.45, 2.75) is 39.3 Å². The van der Waals surface area contributed by atoms with E-state index in [1.807, 2.05) is 13.1 Å². The molecular weight excluding hydrogens is 226 g/mol. The number of aryl methyl sites for hydroxylation is 2. The summed E-state index contributed by atoms with van der Waals surface area (Å²) >= 11 is 0. The van der Waals surface area contributed by atoms with Crippen LogP contribution in [0.25, 0.3) is 0 Å². The third-order valence-electron chi connectivity index (χ3n) is 3.28. The molecule has 0 bridgehead atoms. The number of hydrogen-bond donors (Lipinski definition) is 1. The lowest BCUT2D eigenvalue weighted by Crippen LogP contribution is -2.20. The number of furan rings is 1. The second-order valence-corrected chi connectivity index (χ2v) is 4.40. The molecule has 98 valence electrons. The number of nitrogens with one attached hydrogen (secondary N) is 1. The Kier molecular flexibility index (Phi) is 4.20. The molecule has 2 aromatic heterocycles.